The Morgan fingerprint density at radius 3 is 2.67 bits per heavy atom. The summed E-state index contributed by atoms with van der Waals surface area (Å²) in [5.41, 5.74) is -1.02. The molecule has 0 bridgehead atoms. The molecule has 0 N–H and O–H groups in total. The summed E-state index contributed by atoms with van der Waals surface area (Å²) < 4.78 is 41.8. The van der Waals surface area contributed by atoms with Crippen molar-refractivity contribution in [2.75, 3.05) is 0 Å². The van der Waals surface area contributed by atoms with Crippen molar-refractivity contribution in [3.8, 4) is 0 Å². The van der Waals surface area contributed by atoms with E-state index in [0.717, 1.165) is 19.3 Å². The van der Waals surface area contributed by atoms with Crippen LogP contribution < -0.4 is 0 Å². The molecule has 0 unspecified atom stereocenters. The summed E-state index contributed by atoms with van der Waals surface area (Å²) in [6.07, 6.45) is -0.950. The maximum Gasteiger partial charge on any atom is 0.155 e. The summed E-state index contributed by atoms with van der Waals surface area (Å²) >= 11 is 0. The molecule has 0 aromatic rings. The van der Waals surface area contributed by atoms with Crippen LogP contribution in [0.3, 0.4) is 0 Å². The third-order valence-electron chi connectivity index (χ3n) is 6.90. The molecule has 2 nitrogen and oxygen atoms in total. The van der Waals surface area contributed by atoms with Crippen molar-refractivity contribution in [1.29, 1.82) is 0 Å². The van der Waals surface area contributed by atoms with Gasteiger partial charge < -0.3 is 0 Å². The lowest BCUT2D eigenvalue weighted by molar-refractivity contribution is -0.132. The minimum atomic E-state index is -2.13. The predicted molar refractivity (Wildman–Crippen MR) is 81.7 cm³/mol. The maximum atomic E-state index is 12.5. The van der Waals surface area contributed by atoms with Crippen LogP contribution in [0, 0.1) is 28.6 Å². The first-order valence-electron chi connectivity index (χ1n) is 10.6. The zero-order valence-corrected chi connectivity index (χ0v) is 12.8. The number of fused-ring (bicyclic) bond motifs is 5. The van der Waals surface area contributed by atoms with Gasteiger partial charge in [0.05, 0.1) is 1.37 Å². The fourth-order valence-corrected chi connectivity index (χ4v) is 5.57. The molecule has 4 aliphatic rings. The molecule has 0 radical (unpaired) electrons. The first-order valence-corrected chi connectivity index (χ1v) is 8.14. The average molecular weight is 291 g/mol. The molecule has 4 aliphatic carbocycles. The van der Waals surface area contributed by atoms with Gasteiger partial charge in [-0.25, -0.2) is 0 Å². The topological polar surface area (TPSA) is 34.1 Å². The molecular weight excluding hydrogens is 260 g/mol. The first kappa shape index (κ1) is 9.27. The SMILES string of the molecule is [2H]C1=C2C([2H])([2H])C[C@@H]3[C@H](CC[C@]4(C)C(=O)CC[C@@H]34)[C@@]2(C)CC([2H])([2H])C1=O. The van der Waals surface area contributed by atoms with Crippen molar-refractivity contribution < 1.29 is 16.4 Å². The fourth-order valence-electron chi connectivity index (χ4n) is 5.57. The maximum absolute atomic E-state index is 12.5. The molecule has 0 amide bonds. The molecule has 114 valence electrons. The van der Waals surface area contributed by atoms with Gasteiger partial charge in [-0.3, -0.25) is 9.59 Å². The van der Waals surface area contributed by atoms with Crippen LogP contribution in [0.1, 0.15) is 72.0 Å². The van der Waals surface area contributed by atoms with Crippen LogP contribution >= 0.6 is 0 Å². The second-order valence-corrected chi connectivity index (χ2v) is 7.78. The molecule has 4 rings (SSSR count). The Morgan fingerprint density at radius 2 is 1.86 bits per heavy atom. The number of hydrogen-bond acceptors (Lipinski definition) is 2. The predicted octanol–water partition coefficient (Wildman–Crippen LogP) is 4.09. The van der Waals surface area contributed by atoms with Crippen LogP contribution in [0.15, 0.2) is 11.6 Å². The number of hydrogen-bond donors (Lipinski definition) is 0. The van der Waals surface area contributed by atoms with Crippen LogP contribution in [0.2, 0.25) is 0 Å². The molecule has 5 atom stereocenters. The van der Waals surface area contributed by atoms with E-state index in [2.05, 4.69) is 0 Å². The number of rotatable bonds is 0. The highest BCUT2D eigenvalue weighted by Crippen LogP contribution is 2.64. The van der Waals surface area contributed by atoms with E-state index in [1.807, 2.05) is 13.8 Å². The van der Waals surface area contributed by atoms with E-state index in [0.29, 0.717) is 6.42 Å². The van der Waals surface area contributed by atoms with Gasteiger partial charge >= 0.3 is 0 Å². The summed E-state index contributed by atoms with van der Waals surface area (Å²) in [6.45, 7) is 3.88. The molecule has 3 fully saturated rings. The van der Waals surface area contributed by atoms with Crippen molar-refractivity contribution in [3.63, 3.8) is 0 Å². The van der Waals surface area contributed by atoms with Gasteiger partial charge in [0.15, 0.2) is 5.78 Å². The van der Waals surface area contributed by atoms with Crippen molar-refractivity contribution in [3.05, 3.63) is 11.6 Å². The number of ketones is 2. The van der Waals surface area contributed by atoms with E-state index in [1.54, 1.807) is 0 Å². The standard InChI is InChI=1S/C19H26O2/c1-18-9-7-13(20)11-12(18)3-4-14-15-5-6-17(21)19(15,2)10-8-16(14)18/h11,14-16H,3-10H2,1-2H3/t14-,15-,16-,18-,19-/m0/s1/i3D2,7D2,11D. The summed E-state index contributed by atoms with van der Waals surface area (Å²) in [6, 6.07) is -0.456. The molecule has 0 saturated heterocycles. The third kappa shape index (κ3) is 1.71. The van der Waals surface area contributed by atoms with E-state index in [4.69, 9.17) is 6.85 Å². The second kappa shape index (κ2) is 4.30. The van der Waals surface area contributed by atoms with Gasteiger partial charge in [0.25, 0.3) is 0 Å². The number of Topliss-reactive ketones (excluding diaryl/α,β-unsaturated/α-hetero) is 1. The Hall–Kier alpha value is -0.920. The van der Waals surface area contributed by atoms with Crippen LogP contribution in [0.25, 0.3) is 0 Å². The molecule has 2 heteroatoms. The Morgan fingerprint density at radius 1 is 1.10 bits per heavy atom. The Kier molecular flexibility index (Phi) is 1.90. The highest BCUT2D eigenvalue weighted by atomic mass is 16.1. The van der Waals surface area contributed by atoms with Crippen LogP contribution in [-0.2, 0) is 9.59 Å². The normalized spacial score (nSPS) is 58.0. The lowest BCUT2D eigenvalue weighted by Gasteiger charge is -2.56. The molecule has 0 spiro atoms. The van der Waals surface area contributed by atoms with Gasteiger partial charge in [0, 0.05) is 23.7 Å². The van der Waals surface area contributed by atoms with Crippen LogP contribution in [0.5, 0.6) is 0 Å². The first-order chi connectivity index (χ1) is 11.8. The molecule has 0 aliphatic heterocycles. The minimum absolute atomic E-state index is 0.000696. The smallest absolute Gasteiger partial charge is 0.155 e. The second-order valence-electron chi connectivity index (χ2n) is 7.78. The number of carbonyl (C=O) groups excluding carboxylic acids is 2. The Balaban J connectivity index is 1.86. The summed E-state index contributed by atoms with van der Waals surface area (Å²) in [5, 5.41) is 0. The summed E-state index contributed by atoms with van der Waals surface area (Å²) in [7, 11) is 0. The fraction of sp³-hybridized carbons (Fsp3) is 0.789. The van der Waals surface area contributed by atoms with E-state index in [-0.39, 0.29) is 47.4 Å². The zero-order chi connectivity index (χ0) is 19.3. The highest BCUT2D eigenvalue weighted by Gasteiger charge is 2.58. The van der Waals surface area contributed by atoms with E-state index < -0.39 is 30.0 Å². The van der Waals surface area contributed by atoms with Crippen molar-refractivity contribution in [2.45, 2.75) is 65.1 Å². The van der Waals surface area contributed by atoms with Gasteiger partial charge in [0.1, 0.15) is 5.78 Å². The van der Waals surface area contributed by atoms with Crippen molar-refractivity contribution in [1.82, 2.24) is 0 Å². The van der Waals surface area contributed by atoms with Gasteiger partial charge in [-0.15, -0.1) is 0 Å². The third-order valence-corrected chi connectivity index (χ3v) is 6.90. The van der Waals surface area contributed by atoms with E-state index in [1.165, 1.54) is 0 Å². The molecule has 0 aromatic heterocycles. The minimum Gasteiger partial charge on any atom is -0.299 e. The van der Waals surface area contributed by atoms with Gasteiger partial charge in [-0.1, -0.05) is 19.4 Å². The highest BCUT2D eigenvalue weighted by molar-refractivity contribution is 5.91. The lowest BCUT2D eigenvalue weighted by atomic mass is 9.47. The van der Waals surface area contributed by atoms with Gasteiger partial charge in [-0.2, -0.15) is 0 Å². The molecule has 21 heavy (non-hydrogen) atoms. The summed E-state index contributed by atoms with van der Waals surface area (Å²) in [5.74, 6) is -0.457. The van der Waals surface area contributed by atoms with E-state index >= 15 is 0 Å². The summed E-state index contributed by atoms with van der Waals surface area (Å²) in [4.78, 5) is 24.8. The monoisotopic (exact) mass is 291 g/mol. The molecule has 0 aromatic carbocycles. The average Bonchev–Trinajstić information content (AvgIpc) is 2.79. The Bertz CT molecular complexity index is 742. The zero-order valence-electron chi connectivity index (χ0n) is 17.8. The number of allylic oxidation sites excluding steroid dienone is 1. The van der Waals surface area contributed by atoms with Crippen LogP contribution in [-0.4, -0.2) is 11.6 Å². The van der Waals surface area contributed by atoms with Crippen LogP contribution in [0.4, 0.5) is 0 Å². The molecular formula is C19H26O2. The number of carbonyl (C=O) groups is 2. The van der Waals surface area contributed by atoms with E-state index in [9.17, 15) is 9.59 Å². The lowest BCUT2D eigenvalue weighted by Crippen LogP contribution is -2.50. The molecule has 3 saturated carbocycles. The van der Waals surface area contributed by atoms with Crippen molar-refractivity contribution >= 4 is 11.6 Å². The largest absolute Gasteiger partial charge is 0.299 e. The Labute approximate surface area is 134 Å². The molecule has 0 heterocycles. The van der Waals surface area contributed by atoms with Gasteiger partial charge in [-0.05, 0) is 67.7 Å². The van der Waals surface area contributed by atoms with Gasteiger partial charge in [0.2, 0.25) is 0 Å². The van der Waals surface area contributed by atoms with Crippen molar-refractivity contribution in [2.24, 2.45) is 28.6 Å². The quantitative estimate of drug-likeness (QED) is 0.673.